The van der Waals surface area contributed by atoms with Crippen molar-refractivity contribution in [2.45, 2.75) is 26.2 Å². The Morgan fingerprint density at radius 2 is 1.36 bits per heavy atom. The molecule has 44 heavy (non-hydrogen) atoms. The van der Waals surface area contributed by atoms with E-state index in [0.717, 1.165) is 28.0 Å². The maximum Gasteiger partial charge on any atom is 0.0602 e. The monoisotopic (exact) mass is 750 g/mol. The van der Waals surface area contributed by atoms with Crippen LogP contribution in [0.25, 0.3) is 60.9 Å². The molecule has 0 spiro atoms. The van der Waals surface area contributed by atoms with Crippen LogP contribution in [0.4, 0.5) is 0 Å². The minimum Gasteiger partial charge on any atom is -0.473 e. The second-order valence-corrected chi connectivity index (χ2v) is 11.4. The molecule has 1 aliphatic carbocycles. The van der Waals surface area contributed by atoms with Crippen molar-refractivity contribution in [2.24, 2.45) is 4.99 Å². The number of hydrogen-bond acceptors (Lipinski definition) is 2. The largest absolute Gasteiger partial charge is 0.473 e. The van der Waals surface area contributed by atoms with E-state index < -0.39 is 0 Å². The van der Waals surface area contributed by atoms with Gasteiger partial charge in [-0.1, -0.05) is 142 Å². The van der Waals surface area contributed by atoms with Crippen molar-refractivity contribution in [1.82, 2.24) is 4.98 Å². The van der Waals surface area contributed by atoms with Crippen LogP contribution >= 0.6 is 0 Å². The van der Waals surface area contributed by atoms with Crippen LogP contribution in [0.1, 0.15) is 31.9 Å². The van der Waals surface area contributed by atoms with E-state index in [4.69, 9.17) is 4.98 Å². The van der Waals surface area contributed by atoms with Gasteiger partial charge in [0.15, 0.2) is 0 Å². The molecule has 0 aliphatic heterocycles. The number of aromatic nitrogens is 1. The Morgan fingerprint density at radius 1 is 0.705 bits per heavy atom. The van der Waals surface area contributed by atoms with Crippen molar-refractivity contribution in [2.75, 3.05) is 14.1 Å². The van der Waals surface area contributed by atoms with Crippen LogP contribution in [-0.4, -0.2) is 24.9 Å². The first kappa shape index (κ1) is 31.1. The third-order valence-corrected chi connectivity index (χ3v) is 8.44. The maximum absolute atomic E-state index is 5.16. The Hall–Kier alpha value is -4.37. The van der Waals surface area contributed by atoms with Gasteiger partial charge >= 0.3 is 0 Å². The van der Waals surface area contributed by atoms with Crippen LogP contribution in [-0.2, 0) is 25.5 Å². The van der Waals surface area contributed by atoms with Crippen molar-refractivity contribution in [1.29, 1.82) is 0 Å². The fraction of sp³-hybridized carbons (Fsp3) is 0.150. The Kier molecular flexibility index (Phi) is 9.25. The van der Waals surface area contributed by atoms with Gasteiger partial charge in [-0.3, -0.25) is 4.98 Å². The van der Waals surface area contributed by atoms with E-state index >= 15 is 0 Å². The Bertz CT molecular complexity index is 1940. The van der Waals surface area contributed by atoms with Gasteiger partial charge in [0.1, 0.15) is 0 Å². The Balaban J connectivity index is 0.000000502. The van der Waals surface area contributed by atoms with Crippen LogP contribution in [0.5, 0.6) is 0 Å². The minimum atomic E-state index is -0.0561. The number of benzene rings is 5. The summed E-state index contributed by atoms with van der Waals surface area (Å²) < 4.78 is 0. The zero-order valence-corrected chi connectivity index (χ0v) is 28.1. The smallest absolute Gasteiger partial charge is 0.0602 e. The first-order chi connectivity index (χ1) is 20.9. The number of nitrogens with zero attached hydrogens (tertiary/aromatic N) is 3. The molecule has 0 unspecified atom stereocenters. The number of amidine groups is 1. The van der Waals surface area contributed by atoms with Crippen LogP contribution in [0, 0.1) is 6.07 Å². The third kappa shape index (κ3) is 5.88. The molecule has 3 nitrogen and oxygen atoms in total. The van der Waals surface area contributed by atoms with Gasteiger partial charge in [0.25, 0.3) is 0 Å². The zero-order valence-electron chi connectivity index (χ0n) is 25.7. The van der Waals surface area contributed by atoms with Crippen LogP contribution in [0.15, 0.2) is 126 Å². The molecule has 1 heterocycles. The molecule has 6 aromatic rings. The summed E-state index contributed by atoms with van der Waals surface area (Å²) in [5.74, 6) is 0.843. The molecule has 7 rings (SSSR count). The topological polar surface area (TPSA) is 39.4 Å². The standard InChI is InChI=1S/C36H26N.C4H9N2.Ir/c1-36(2)32-16-10-9-15-28(32)29-19-17-27(22-33(29)36)35-23-30(25-13-7-4-8-14-25)31-21-26(18-20-34(31)37-35)24-11-5-3-6-12-24;1-4(5-2)6-3;/h3-16,18-23H,1-2H3;1-3H3;/q2*-1;. The first-order valence-electron chi connectivity index (χ1n) is 14.7. The number of aliphatic imine (C=N–C) groups is 1. The molecule has 221 valence electrons. The average Bonchev–Trinajstić information content (AvgIpc) is 3.30. The van der Waals surface area contributed by atoms with Crippen molar-refractivity contribution in [3.63, 3.8) is 0 Å². The van der Waals surface area contributed by atoms with E-state index in [2.05, 4.69) is 152 Å². The summed E-state index contributed by atoms with van der Waals surface area (Å²) in [5, 5.41) is 4.91. The third-order valence-electron chi connectivity index (χ3n) is 8.44. The molecular formula is C40H35IrN3-2. The predicted molar refractivity (Wildman–Crippen MR) is 183 cm³/mol. The summed E-state index contributed by atoms with van der Waals surface area (Å²) in [6, 6.07) is 46.8. The molecule has 4 heteroatoms. The average molecular weight is 750 g/mol. The second kappa shape index (κ2) is 13.1. The summed E-state index contributed by atoms with van der Waals surface area (Å²) in [7, 11) is 3.45. The molecule has 0 N–H and O–H groups in total. The van der Waals surface area contributed by atoms with Crippen molar-refractivity contribution in [3.05, 3.63) is 144 Å². The maximum atomic E-state index is 5.16. The first-order valence-corrected chi connectivity index (χ1v) is 14.7. The van der Waals surface area contributed by atoms with Crippen molar-refractivity contribution in [3.8, 4) is 44.6 Å². The molecule has 0 atom stereocenters. The van der Waals surface area contributed by atoms with Gasteiger partial charge in [0.2, 0.25) is 0 Å². The summed E-state index contributed by atoms with van der Waals surface area (Å²) >= 11 is 0. The molecule has 0 fully saturated rings. The number of hydrogen-bond donors (Lipinski definition) is 0. The van der Waals surface area contributed by atoms with Gasteiger partial charge in [-0.05, 0) is 58.0 Å². The molecule has 1 radical (unpaired) electrons. The minimum absolute atomic E-state index is 0. The van der Waals surface area contributed by atoms with Gasteiger partial charge in [0, 0.05) is 25.5 Å². The fourth-order valence-electron chi connectivity index (χ4n) is 5.92. The van der Waals surface area contributed by atoms with Crippen LogP contribution < -0.4 is 0 Å². The van der Waals surface area contributed by atoms with Gasteiger partial charge in [-0.25, -0.2) is 0 Å². The summed E-state index contributed by atoms with van der Waals surface area (Å²) in [4.78, 5) is 8.91. The van der Waals surface area contributed by atoms with Gasteiger partial charge in [-0.15, -0.1) is 29.3 Å². The zero-order chi connectivity index (χ0) is 30.0. The van der Waals surface area contributed by atoms with E-state index in [-0.39, 0.29) is 25.5 Å². The molecular weight excluding hydrogens is 715 g/mol. The molecule has 0 amide bonds. The molecule has 5 aromatic carbocycles. The summed E-state index contributed by atoms with van der Waals surface area (Å²) in [5.41, 5.74) is 13.0. The van der Waals surface area contributed by atoms with Gasteiger partial charge in [-0.2, -0.15) is 0 Å². The Morgan fingerprint density at radius 3 is 2.02 bits per heavy atom. The van der Waals surface area contributed by atoms with E-state index in [1.807, 2.05) is 6.92 Å². The molecule has 1 aliphatic rings. The van der Waals surface area contributed by atoms with Crippen molar-refractivity contribution >= 4 is 16.7 Å². The number of pyridine rings is 1. The normalized spacial score (nSPS) is 12.8. The molecule has 0 saturated carbocycles. The van der Waals surface area contributed by atoms with E-state index in [1.54, 1.807) is 14.1 Å². The molecule has 1 aromatic heterocycles. The predicted octanol–water partition coefficient (Wildman–Crippen LogP) is 10.4. The molecule has 0 saturated heterocycles. The summed E-state index contributed by atoms with van der Waals surface area (Å²) in [6.07, 6.45) is 0. The van der Waals surface area contributed by atoms with Crippen LogP contribution in [0.3, 0.4) is 0 Å². The van der Waals surface area contributed by atoms with E-state index in [9.17, 15) is 0 Å². The Labute approximate surface area is 274 Å². The van der Waals surface area contributed by atoms with Crippen molar-refractivity contribution < 1.29 is 20.1 Å². The SMILES string of the molecule is CC1(C)c2ccccc2-c2c[c-]c(-c3cc(-c4ccccc4)c4cc(-c5ccccc5)ccc4n3)cc21.CN=C(C)[N-]C.[Ir]. The quantitative estimate of drug-likeness (QED) is 0.101. The second-order valence-electron chi connectivity index (χ2n) is 11.4. The number of fused-ring (bicyclic) bond motifs is 4. The number of rotatable bonds is 3. The molecule has 0 bridgehead atoms. The summed E-state index contributed by atoms with van der Waals surface area (Å²) in [6.45, 7) is 6.49. The van der Waals surface area contributed by atoms with Gasteiger partial charge < -0.3 is 10.3 Å². The van der Waals surface area contributed by atoms with Crippen LogP contribution in [0.2, 0.25) is 0 Å². The van der Waals surface area contributed by atoms with E-state index in [1.165, 1.54) is 44.5 Å². The fourth-order valence-corrected chi connectivity index (χ4v) is 5.92. The van der Waals surface area contributed by atoms with Gasteiger partial charge in [0.05, 0.1) is 5.52 Å². The van der Waals surface area contributed by atoms with E-state index in [0.29, 0.717) is 0 Å².